The maximum Gasteiger partial charge on any atom is 1.00 e. The molecule has 7 heteroatoms. The SMILES string of the molecule is CCCCCCCCCCCCOC=Cc1ccccc1.O=S(=O)(O)O.[H-].[Na+]. The summed E-state index contributed by atoms with van der Waals surface area (Å²) >= 11 is 0. The zero-order valence-electron chi connectivity index (χ0n) is 17.8. The van der Waals surface area contributed by atoms with E-state index < -0.39 is 10.4 Å². The Kier molecular flexibility index (Phi) is 21.8. The molecule has 0 aromatic heterocycles. The molecule has 152 valence electrons. The fourth-order valence-electron chi connectivity index (χ4n) is 2.43. The van der Waals surface area contributed by atoms with Gasteiger partial charge in [-0.05, 0) is 18.1 Å². The van der Waals surface area contributed by atoms with Crippen LogP contribution in [0.5, 0.6) is 0 Å². The van der Waals surface area contributed by atoms with Crippen molar-refractivity contribution >= 4 is 16.5 Å². The van der Waals surface area contributed by atoms with Gasteiger partial charge in [0.15, 0.2) is 0 Å². The normalized spacial score (nSPS) is 10.8. The first kappa shape index (κ1) is 28.8. The van der Waals surface area contributed by atoms with Crippen molar-refractivity contribution < 1.29 is 53.2 Å². The number of rotatable bonds is 13. The molecule has 0 unspecified atom stereocenters. The van der Waals surface area contributed by atoms with Gasteiger partial charge in [0.25, 0.3) is 0 Å². The Morgan fingerprint density at radius 2 is 1.33 bits per heavy atom. The van der Waals surface area contributed by atoms with Crippen LogP contribution in [0, 0.1) is 0 Å². The van der Waals surface area contributed by atoms with E-state index >= 15 is 0 Å². The van der Waals surface area contributed by atoms with Crippen molar-refractivity contribution in [2.75, 3.05) is 6.61 Å². The second kappa shape index (κ2) is 20.4. The second-order valence-corrected chi connectivity index (χ2v) is 7.11. The Morgan fingerprint density at radius 1 is 0.889 bits per heavy atom. The van der Waals surface area contributed by atoms with Crippen LogP contribution in [-0.4, -0.2) is 24.1 Å². The van der Waals surface area contributed by atoms with Gasteiger partial charge >= 0.3 is 40.0 Å². The van der Waals surface area contributed by atoms with E-state index in [1.165, 1.54) is 69.8 Å². The second-order valence-electron chi connectivity index (χ2n) is 6.21. The monoisotopic (exact) mass is 410 g/mol. The van der Waals surface area contributed by atoms with Gasteiger partial charge in [-0.15, -0.1) is 0 Å². The molecule has 0 heterocycles. The molecule has 0 bridgehead atoms. The molecule has 0 radical (unpaired) electrons. The van der Waals surface area contributed by atoms with Crippen molar-refractivity contribution in [3.8, 4) is 0 Å². The quantitative estimate of drug-likeness (QED) is 0.226. The summed E-state index contributed by atoms with van der Waals surface area (Å²) in [6, 6.07) is 10.3. The van der Waals surface area contributed by atoms with Gasteiger partial charge < -0.3 is 6.16 Å². The minimum Gasteiger partial charge on any atom is -1.00 e. The van der Waals surface area contributed by atoms with Crippen molar-refractivity contribution in [2.45, 2.75) is 71.1 Å². The van der Waals surface area contributed by atoms with Crippen LogP contribution in [0.1, 0.15) is 78.1 Å². The molecule has 0 atom stereocenters. The standard InChI is InChI=1S/C20H32O.Na.H2O4S.H/c1-2-3-4-5-6-7-8-9-10-14-18-21-19-17-20-15-12-11-13-16-20;;1-5(2,3)4;/h11-13,15-17,19H,2-10,14,18H2,1H3;;(H2,1,2,3,4);/q;+1;;-1. The maximum absolute atomic E-state index is 8.74. The van der Waals surface area contributed by atoms with Gasteiger partial charge in [0, 0.05) is 0 Å². The van der Waals surface area contributed by atoms with Crippen LogP contribution < -0.4 is 29.6 Å². The number of unbranched alkanes of at least 4 members (excludes halogenated alkanes) is 9. The average Bonchev–Trinajstić information content (AvgIpc) is 2.58. The number of hydrogen-bond acceptors (Lipinski definition) is 3. The van der Waals surface area contributed by atoms with E-state index in [4.69, 9.17) is 22.3 Å². The van der Waals surface area contributed by atoms with Gasteiger partial charge in [0.2, 0.25) is 0 Å². The van der Waals surface area contributed by atoms with Crippen LogP contribution in [0.3, 0.4) is 0 Å². The smallest absolute Gasteiger partial charge is 1.00 e. The molecule has 0 amide bonds. The minimum absolute atomic E-state index is 0. The van der Waals surface area contributed by atoms with Crippen molar-refractivity contribution in [3.05, 3.63) is 42.2 Å². The third kappa shape index (κ3) is 27.9. The van der Waals surface area contributed by atoms with E-state index in [-0.39, 0.29) is 31.0 Å². The zero-order valence-corrected chi connectivity index (χ0v) is 19.7. The molecule has 2 N–H and O–H groups in total. The molecule has 0 aliphatic heterocycles. The molecule has 27 heavy (non-hydrogen) atoms. The molecule has 1 aromatic rings. The van der Waals surface area contributed by atoms with Crippen LogP contribution in [0.25, 0.3) is 6.08 Å². The molecule has 0 spiro atoms. The molecular weight excluding hydrogens is 375 g/mol. The summed E-state index contributed by atoms with van der Waals surface area (Å²) in [4.78, 5) is 0. The summed E-state index contributed by atoms with van der Waals surface area (Å²) in [7, 11) is -4.67. The zero-order chi connectivity index (χ0) is 19.5. The van der Waals surface area contributed by atoms with Crippen LogP contribution in [0.4, 0.5) is 0 Å². The summed E-state index contributed by atoms with van der Waals surface area (Å²) in [5.74, 6) is 0. The van der Waals surface area contributed by atoms with E-state index in [9.17, 15) is 0 Å². The van der Waals surface area contributed by atoms with Crippen LogP contribution in [0.15, 0.2) is 36.6 Å². The summed E-state index contributed by atoms with van der Waals surface area (Å²) in [6.45, 7) is 3.12. The van der Waals surface area contributed by atoms with Gasteiger partial charge in [0.1, 0.15) is 0 Å². The van der Waals surface area contributed by atoms with Crippen molar-refractivity contribution in [1.82, 2.24) is 0 Å². The van der Waals surface area contributed by atoms with Gasteiger partial charge in [0.05, 0.1) is 12.9 Å². The molecule has 0 aliphatic rings. The molecule has 0 aliphatic carbocycles. The molecule has 1 rings (SSSR count). The molecule has 5 nitrogen and oxygen atoms in total. The first-order valence-electron chi connectivity index (χ1n) is 9.46. The summed E-state index contributed by atoms with van der Waals surface area (Å²) in [5, 5.41) is 0. The first-order valence-corrected chi connectivity index (χ1v) is 10.9. The summed E-state index contributed by atoms with van der Waals surface area (Å²) in [5.41, 5.74) is 1.19. The fourth-order valence-corrected chi connectivity index (χ4v) is 2.43. The largest absolute Gasteiger partial charge is 1.00 e. The third-order valence-electron chi connectivity index (χ3n) is 3.77. The number of hydrogen-bond donors (Lipinski definition) is 2. The molecule has 0 saturated heterocycles. The van der Waals surface area contributed by atoms with E-state index in [0.29, 0.717) is 0 Å². The number of ether oxygens (including phenoxy) is 1. The van der Waals surface area contributed by atoms with E-state index in [0.717, 1.165) is 6.61 Å². The number of benzene rings is 1. The first-order chi connectivity index (χ1) is 12.4. The maximum atomic E-state index is 8.74. The summed E-state index contributed by atoms with van der Waals surface area (Å²) < 4.78 is 37.1. The van der Waals surface area contributed by atoms with Crippen molar-refractivity contribution in [1.29, 1.82) is 0 Å². The molecule has 1 aromatic carbocycles. The topological polar surface area (TPSA) is 83.8 Å². The van der Waals surface area contributed by atoms with E-state index in [1.54, 1.807) is 0 Å². The van der Waals surface area contributed by atoms with E-state index in [2.05, 4.69) is 19.1 Å². The van der Waals surface area contributed by atoms with Crippen molar-refractivity contribution in [2.24, 2.45) is 0 Å². The van der Waals surface area contributed by atoms with E-state index in [1.807, 2.05) is 30.5 Å². The third-order valence-corrected chi connectivity index (χ3v) is 3.77. The summed E-state index contributed by atoms with van der Waals surface area (Å²) in [6.07, 6.45) is 17.5. The Morgan fingerprint density at radius 3 is 1.81 bits per heavy atom. The van der Waals surface area contributed by atoms with Crippen LogP contribution >= 0.6 is 0 Å². The van der Waals surface area contributed by atoms with Crippen LogP contribution in [0.2, 0.25) is 0 Å². The molecule has 0 saturated carbocycles. The minimum atomic E-state index is -4.67. The van der Waals surface area contributed by atoms with Gasteiger partial charge in [-0.2, -0.15) is 8.42 Å². The Balaban J connectivity index is -0.000000793. The molecular formula is C20H35NaO5S. The van der Waals surface area contributed by atoms with Crippen molar-refractivity contribution in [3.63, 3.8) is 0 Å². The van der Waals surface area contributed by atoms with Gasteiger partial charge in [-0.25, -0.2) is 0 Å². The Hall–Kier alpha value is -0.370. The predicted octanol–water partition coefficient (Wildman–Crippen LogP) is 3.06. The Bertz CT molecular complexity index is 545. The Labute approximate surface area is 189 Å². The average molecular weight is 411 g/mol. The van der Waals surface area contributed by atoms with Gasteiger partial charge in [-0.3, -0.25) is 9.11 Å². The fraction of sp³-hybridized carbons (Fsp3) is 0.600. The van der Waals surface area contributed by atoms with Crippen LogP contribution in [-0.2, 0) is 15.1 Å². The predicted molar refractivity (Wildman–Crippen MR) is 109 cm³/mol. The van der Waals surface area contributed by atoms with Gasteiger partial charge in [-0.1, -0.05) is 95.0 Å². The molecule has 0 fully saturated rings.